The first-order valence-corrected chi connectivity index (χ1v) is 7.07. The van der Waals surface area contributed by atoms with Crippen molar-refractivity contribution in [3.63, 3.8) is 0 Å². The molecule has 2 nitrogen and oxygen atoms in total. The van der Waals surface area contributed by atoms with Gasteiger partial charge in [-0.1, -0.05) is 37.3 Å². The molecular weight excluding hydrogens is 252 g/mol. The Bertz CT molecular complexity index is 656. The summed E-state index contributed by atoms with van der Waals surface area (Å²) in [7, 11) is 0. The molecule has 0 saturated carbocycles. The third kappa shape index (κ3) is 3.10. The smallest absolute Gasteiger partial charge is 0.133 e. The lowest BCUT2D eigenvalue weighted by molar-refractivity contribution is 0.894. The molecule has 0 bridgehead atoms. The summed E-state index contributed by atoms with van der Waals surface area (Å²) in [4.78, 5) is 7.88. The fraction of sp³-hybridized carbons (Fsp3) is 0.375. The minimum atomic E-state index is 0.734. The molecule has 1 heterocycles. The third-order valence-electron chi connectivity index (χ3n) is 3.58. The van der Waals surface area contributed by atoms with Crippen LogP contribution in [0.15, 0.2) is 18.2 Å². The highest BCUT2D eigenvalue weighted by Gasteiger charge is 2.05. The zero-order valence-corrected chi connectivity index (χ0v) is 12.8. The summed E-state index contributed by atoms with van der Waals surface area (Å²) in [5.41, 5.74) is 6.20. The molecule has 1 aromatic carbocycles. The number of nitrogens with zero attached hydrogens (tertiary/aromatic N) is 1. The van der Waals surface area contributed by atoms with Gasteiger partial charge in [-0.3, -0.25) is 0 Å². The molecule has 3 heteroatoms. The van der Waals surface area contributed by atoms with E-state index >= 15 is 0 Å². The van der Waals surface area contributed by atoms with Crippen LogP contribution in [0.25, 0.3) is 0 Å². The number of aromatic amines is 1. The van der Waals surface area contributed by atoms with Crippen molar-refractivity contribution in [2.45, 2.75) is 40.5 Å². The van der Waals surface area contributed by atoms with Crippen LogP contribution in [0.4, 0.5) is 0 Å². The van der Waals surface area contributed by atoms with Crippen molar-refractivity contribution in [1.82, 2.24) is 9.97 Å². The van der Waals surface area contributed by atoms with Gasteiger partial charge in [0.1, 0.15) is 10.5 Å². The zero-order chi connectivity index (χ0) is 14.0. The zero-order valence-electron chi connectivity index (χ0n) is 12.0. The predicted molar refractivity (Wildman–Crippen MR) is 82.3 cm³/mol. The Kier molecular flexibility index (Phi) is 4.15. The molecule has 19 heavy (non-hydrogen) atoms. The van der Waals surface area contributed by atoms with E-state index in [1.807, 2.05) is 0 Å². The van der Waals surface area contributed by atoms with Crippen LogP contribution in [-0.4, -0.2) is 9.97 Å². The van der Waals surface area contributed by atoms with E-state index in [-0.39, 0.29) is 0 Å². The van der Waals surface area contributed by atoms with E-state index in [1.54, 1.807) is 0 Å². The van der Waals surface area contributed by atoms with Crippen LogP contribution in [0.5, 0.6) is 0 Å². The fourth-order valence-electron chi connectivity index (χ4n) is 2.28. The summed E-state index contributed by atoms with van der Waals surface area (Å²) in [6.45, 7) is 8.45. The van der Waals surface area contributed by atoms with Gasteiger partial charge < -0.3 is 4.98 Å². The molecule has 0 radical (unpaired) electrons. The van der Waals surface area contributed by atoms with Gasteiger partial charge in [0.05, 0.1) is 0 Å². The van der Waals surface area contributed by atoms with E-state index in [4.69, 9.17) is 12.2 Å². The quantitative estimate of drug-likeness (QED) is 0.848. The Labute approximate surface area is 119 Å². The summed E-state index contributed by atoms with van der Waals surface area (Å²) in [5, 5.41) is 0. The van der Waals surface area contributed by atoms with Crippen LogP contribution in [0.3, 0.4) is 0 Å². The second-order valence-electron chi connectivity index (χ2n) is 5.04. The molecular formula is C16H20N2S. The molecule has 0 unspecified atom stereocenters. The molecule has 1 N–H and O–H groups in total. The number of aryl methyl sites for hydroxylation is 3. The highest BCUT2D eigenvalue weighted by Crippen LogP contribution is 2.14. The second-order valence-corrected chi connectivity index (χ2v) is 5.43. The molecule has 0 spiro atoms. The number of rotatable bonds is 3. The van der Waals surface area contributed by atoms with E-state index in [0.29, 0.717) is 0 Å². The summed E-state index contributed by atoms with van der Waals surface area (Å²) in [6.07, 6.45) is 1.73. The van der Waals surface area contributed by atoms with Crippen molar-refractivity contribution in [3.8, 4) is 0 Å². The molecule has 2 aromatic rings. The highest BCUT2D eigenvalue weighted by molar-refractivity contribution is 7.71. The van der Waals surface area contributed by atoms with Crippen LogP contribution < -0.4 is 0 Å². The predicted octanol–water partition coefficient (Wildman–Crippen LogP) is 4.22. The van der Waals surface area contributed by atoms with Crippen LogP contribution in [-0.2, 0) is 12.8 Å². The highest BCUT2D eigenvalue weighted by atomic mass is 32.1. The molecule has 0 aliphatic heterocycles. The van der Waals surface area contributed by atoms with Gasteiger partial charge in [-0.25, -0.2) is 4.98 Å². The maximum Gasteiger partial charge on any atom is 0.133 e. The summed E-state index contributed by atoms with van der Waals surface area (Å²) >= 11 is 5.36. The number of benzene rings is 1. The standard InChI is InChI=1S/C16H20N2S/c1-5-14-12(4)17-15(18-16(14)19)9-13-7-6-10(2)11(3)8-13/h6-8H,5,9H2,1-4H3,(H,17,18,19). The number of hydrogen-bond donors (Lipinski definition) is 1. The maximum absolute atomic E-state index is 5.36. The molecule has 0 saturated heterocycles. The summed E-state index contributed by atoms with van der Waals surface area (Å²) < 4.78 is 0.734. The lowest BCUT2D eigenvalue weighted by Gasteiger charge is -2.09. The van der Waals surface area contributed by atoms with Crippen molar-refractivity contribution in [1.29, 1.82) is 0 Å². The van der Waals surface area contributed by atoms with Gasteiger partial charge in [0.15, 0.2) is 0 Å². The van der Waals surface area contributed by atoms with Gasteiger partial charge in [0.2, 0.25) is 0 Å². The van der Waals surface area contributed by atoms with Crippen molar-refractivity contribution in [2.24, 2.45) is 0 Å². The Balaban J connectivity index is 2.33. The first-order chi connectivity index (χ1) is 9.01. The lowest BCUT2D eigenvalue weighted by atomic mass is 10.0. The molecule has 0 aliphatic rings. The van der Waals surface area contributed by atoms with Crippen molar-refractivity contribution in [3.05, 3.63) is 56.6 Å². The van der Waals surface area contributed by atoms with E-state index in [0.717, 1.165) is 34.6 Å². The minimum absolute atomic E-state index is 0.734. The third-order valence-corrected chi connectivity index (χ3v) is 3.91. The molecule has 2 rings (SSSR count). The largest absolute Gasteiger partial charge is 0.347 e. The van der Waals surface area contributed by atoms with Gasteiger partial charge in [-0.2, -0.15) is 0 Å². The van der Waals surface area contributed by atoms with Crippen molar-refractivity contribution < 1.29 is 0 Å². The number of hydrogen-bond acceptors (Lipinski definition) is 2. The molecule has 0 aliphatic carbocycles. The van der Waals surface area contributed by atoms with Gasteiger partial charge in [0, 0.05) is 17.7 Å². The average Bonchev–Trinajstić information content (AvgIpc) is 2.33. The Hall–Kier alpha value is -1.48. The van der Waals surface area contributed by atoms with Gasteiger partial charge >= 0.3 is 0 Å². The SMILES string of the molecule is CCc1c(C)[nH]c(Cc2ccc(C)c(C)c2)nc1=S. The minimum Gasteiger partial charge on any atom is -0.347 e. The second kappa shape index (κ2) is 5.66. The van der Waals surface area contributed by atoms with Crippen LogP contribution >= 0.6 is 12.2 Å². The molecule has 1 aromatic heterocycles. The molecule has 0 fully saturated rings. The van der Waals surface area contributed by atoms with Gasteiger partial charge in [0.25, 0.3) is 0 Å². The van der Waals surface area contributed by atoms with E-state index < -0.39 is 0 Å². The first kappa shape index (κ1) is 13.9. The first-order valence-electron chi connectivity index (χ1n) is 6.66. The number of nitrogens with one attached hydrogen (secondary N) is 1. The molecule has 0 amide bonds. The Morgan fingerprint density at radius 3 is 2.47 bits per heavy atom. The topological polar surface area (TPSA) is 28.7 Å². The lowest BCUT2D eigenvalue weighted by Crippen LogP contribution is -2.03. The Morgan fingerprint density at radius 1 is 1.16 bits per heavy atom. The number of aromatic nitrogens is 2. The average molecular weight is 272 g/mol. The van der Waals surface area contributed by atoms with Crippen LogP contribution in [0.1, 0.15) is 40.7 Å². The van der Waals surface area contributed by atoms with Crippen molar-refractivity contribution >= 4 is 12.2 Å². The van der Waals surface area contributed by atoms with Crippen LogP contribution in [0, 0.1) is 25.4 Å². The van der Waals surface area contributed by atoms with Crippen LogP contribution in [0.2, 0.25) is 0 Å². The monoisotopic (exact) mass is 272 g/mol. The van der Waals surface area contributed by atoms with Gasteiger partial charge in [-0.15, -0.1) is 0 Å². The van der Waals surface area contributed by atoms with Crippen molar-refractivity contribution in [2.75, 3.05) is 0 Å². The number of H-pyrrole nitrogens is 1. The fourth-order valence-corrected chi connectivity index (χ4v) is 2.68. The summed E-state index contributed by atoms with van der Waals surface area (Å²) in [6, 6.07) is 6.54. The molecule has 100 valence electrons. The van der Waals surface area contributed by atoms with Gasteiger partial charge in [-0.05, 0) is 43.9 Å². The Morgan fingerprint density at radius 2 is 1.89 bits per heavy atom. The summed E-state index contributed by atoms with van der Waals surface area (Å²) in [5.74, 6) is 0.947. The van der Waals surface area contributed by atoms with E-state index in [1.165, 1.54) is 16.7 Å². The van der Waals surface area contributed by atoms with E-state index in [2.05, 4.69) is 55.9 Å². The maximum atomic E-state index is 5.36. The molecule has 0 atom stereocenters. The normalized spacial score (nSPS) is 10.7. The van der Waals surface area contributed by atoms with E-state index in [9.17, 15) is 0 Å².